The van der Waals surface area contributed by atoms with Gasteiger partial charge in [-0.3, -0.25) is 0 Å². The van der Waals surface area contributed by atoms with E-state index in [9.17, 15) is 0 Å². The summed E-state index contributed by atoms with van der Waals surface area (Å²) in [4.78, 5) is 2.53. The molecule has 0 aliphatic carbocycles. The summed E-state index contributed by atoms with van der Waals surface area (Å²) in [6.45, 7) is 8.27. The summed E-state index contributed by atoms with van der Waals surface area (Å²) in [5.41, 5.74) is 7.01. The summed E-state index contributed by atoms with van der Waals surface area (Å²) >= 11 is 0. The molecule has 1 aromatic rings. The smallest absolute Gasteiger partial charge is 0.119 e. The minimum absolute atomic E-state index is 0.310. The zero-order valence-electron chi connectivity index (χ0n) is 13.3. The average molecular weight is 291 g/mol. The lowest BCUT2D eigenvalue weighted by atomic mass is 10.0. The topological polar surface area (TPSA) is 50.5 Å². The molecule has 118 valence electrons. The average Bonchev–Trinajstić information content (AvgIpc) is 2.49. The highest BCUT2D eigenvalue weighted by Gasteiger charge is 2.18. The van der Waals surface area contributed by atoms with Crippen molar-refractivity contribution in [1.82, 2.24) is 4.90 Å². The van der Waals surface area contributed by atoms with Crippen molar-refractivity contribution >= 4 is 5.69 Å². The molecule has 2 rings (SSSR count). The van der Waals surface area contributed by atoms with Gasteiger partial charge in [0.15, 0.2) is 0 Å². The van der Waals surface area contributed by atoms with Crippen LogP contribution in [-0.4, -0.2) is 43.2 Å². The lowest BCUT2D eigenvalue weighted by Crippen LogP contribution is -2.40. The van der Waals surface area contributed by atoms with E-state index < -0.39 is 0 Å². The number of nitrogens with two attached hydrogens (primary N) is 1. The normalized spacial score (nSPS) is 18.4. The van der Waals surface area contributed by atoms with E-state index in [0.29, 0.717) is 18.7 Å². The molecule has 1 saturated heterocycles. The molecule has 0 unspecified atom stereocenters. The van der Waals surface area contributed by atoms with Crippen LogP contribution < -0.4 is 15.8 Å². The van der Waals surface area contributed by atoms with Crippen LogP contribution in [0.2, 0.25) is 0 Å². The van der Waals surface area contributed by atoms with Crippen molar-refractivity contribution in [2.24, 2.45) is 5.73 Å². The highest BCUT2D eigenvalue weighted by atomic mass is 16.5. The van der Waals surface area contributed by atoms with Gasteiger partial charge in [0.25, 0.3) is 0 Å². The van der Waals surface area contributed by atoms with Crippen molar-refractivity contribution in [1.29, 1.82) is 0 Å². The number of piperidine rings is 1. The van der Waals surface area contributed by atoms with Gasteiger partial charge in [0.2, 0.25) is 0 Å². The zero-order valence-corrected chi connectivity index (χ0v) is 13.3. The molecule has 1 aromatic carbocycles. The van der Waals surface area contributed by atoms with E-state index in [2.05, 4.69) is 29.3 Å². The van der Waals surface area contributed by atoms with Crippen LogP contribution in [0.4, 0.5) is 5.69 Å². The van der Waals surface area contributed by atoms with Crippen LogP contribution in [0.5, 0.6) is 5.75 Å². The number of anilines is 1. The Morgan fingerprint density at radius 3 is 2.52 bits per heavy atom. The first-order chi connectivity index (χ1) is 10.2. The Bertz CT molecular complexity index is 397. The summed E-state index contributed by atoms with van der Waals surface area (Å²) in [6, 6.07) is 9.16. The molecule has 0 bridgehead atoms. The monoisotopic (exact) mass is 291 g/mol. The molecule has 1 fully saturated rings. The van der Waals surface area contributed by atoms with E-state index in [1.807, 2.05) is 19.1 Å². The summed E-state index contributed by atoms with van der Waals surface area (Å²) in [6.07, 6.45) is 3.50. The van der Waals surface area contributed by atoms with Gasteiger partial charge in [-0.25, -0.2) is 0 Å². The molecular weight excluding hydrogens is 262 g/mol. The number of nitrogens with zero attached hydrogens (tertiary/aromatic N) is 1. The number of rotatable bonds is 7. The second kappa shape index (κ2) is 8.25. The molecule has 21 heavy (non-hydrogen) atoms. The molecule has 1 aliphatic heterocycles. The fourth-order valence-electron chi connectivity index (χ4n) is 2.74. The van der Waals surface area contributed by atoms with Crippen LogP contribution in [0.1, 0.15) is 33.1 Å². The molecule has 0 saturated carbocycles. The predicted octanol–water partition coefficient (Wildman–Crippen LogP) is 2.70. The second-order valence-electron chi connectivity index (χ2n) is 5.98. The fourth-order valence-corrected chi connectivity index (χ4v) is 2.74. The molecule has 1 atom stereocenters. The van der Waals surface area contributed by atoms with Gasteiger partial charge >= 0.3 is 0 Å². The van der Waals surface area contributed by atoms with Gasteiger partial charge in [0.1, 0.15) is 5.75 Å². The number of nitrogens with one attached hydrogen (secondary N) is 1. The van der Waals surface area contributed by atoms with Crippen molar-refractivity contribution in [3.63, 3.8) is 0 Å². The lowest BCUT2D eigenvalue weighted by molar-refractivity contribution is 0.213. The lowest BCUT2D eigenvalue weighted by Gasteiger charge is -2.33. The van der Waals surface area contributed by atoms with Gasteiger partial charge in [0.05, 0.1) is 6.61 Å². The first kappa shape index (κ1) is 16.1. The van der Waals surface area contributed by atoms with Crippen LogP contribution in [-0.2, 0) is 0 Å². The SMILES string of the molecule is CCOc1ccc(NC2CCN(CC[C@@H](C)N)CC2)cc1. The van der Waals surface area contributed by atoms with Gasteiger partial charge in [-0.2, -0.15) is 0 Å². The van der Waals surface area contributed by atoms with Crippen molar-refractivity contribution in [3.8, 4) is 5.75 Å². The second-order valence-corrected chi connectivity index (χ2v) is 5.98. The molecule has 4 nitrogen and oxygen atoms in total. The largest absolute Gasteiger partial charge is 0.494 e. The number of ether oxygens (including phenoxy) is 1. The quantitative estimate of drug-likeness (QED) is 0.811. The third-order valence-corrected chi connectivity index (χ3v) is 4.02. The van der Waals surface area contributed by atoms with Crippen molar-refractivity contribution < 1.29 is 4.74 Å². The first-order valence-corrected chi connectivity index (χ1v) is 8.14. The zero-order chi connectivity index (χ0) is 15.1. The molecule has 0 spiro atoms. The Kier molecular flexibility index (Phi) is 6.33. The van der Waals surface area contributed by atoms with Crippen molar-refractivity contribution in [2.75, 3.05) is 31.6 Å². The van der Waals surface area contributed by atoms with Crippen molar-refractivity contribution in [2.45, 2.75) is 45.2 Å². The summed E-state index contributed by atoms with van der Waals surface area (Å²) in [5.74, 6) is 0.939. The van der Waals surface area contributed by atoms with Gasteiger partial charge in [-0.05, 0) is 63.9 Å². The Morgan fingerprint density at radius 1 is 1.29 bits per heavy atom. The fraction of sp³-hybridized carbons (Fsp3) is 0.647. The van der Waals surface area contributed by atoms with E-state index in [4.69, 9.17) is 10.5 Å². The van der Waals surface area contributed by atoms with Crippen LogP contribution in [0, 0.1) is 0 Å². The Morgan fingerprint density at radius 2 is 1.95 bits per heavy atom. The van der Waals surface area contributed by atoms with E-state index in [1.165, 1.54) is 31.6 Å². The third kappa shape index (κ3) is 5.56. The molecule has 0 amide bonds. The minimum atomic E-state index is 0.310. The minimum Gasteiger partial charge on any atom is -0.494 e. The van der Waals surface area contributed by atoms with E-state index in [0.717, 1.165) is 18.7 Å². The predicted molar refractivity (Wildman–Crippen MR) is 89.0 cm³/mol. The Hall–Kier alpha value is -1.26. The van der Waals surface area contributed by atoms with Crippen LogP contribution in [0.25, 0.3) is 0 Å². The highest BCUT2D eigenvalue weighted by molar-refractivity contribution is 5.47. The van der Waals surface area contributed by atoms with Crippen molar-refractivity contribution in [3.05, 3.63) is 24.3 Å². The molecule has 4 heteroatoms. The Balaban J connectivity index is 1.72. The molecular formula is C17H29N3O. The van der Waals surface area contributed by atoms with Gasteiger partial charge in [-0.1, -0.05) is 0 Å². The molecule has 0 aromatic heterocycles. The maximum Gasteiger partial charge on any atom is 0.119 e. The Labute approximate surface area is 128 Å². The van der Waals surface area contributed by atoms with Crippen LogP contribution in [0.15, 0.2) is 24.3 Å². The summed E-state index contributed by atoms with van der Waals surface area (Å²) in [7, 11) is 0. The van der Waals surface area contributed by atoms with Gasteiger partial charge < -0.3 is 20.7 Å². The molecule has 1 aliphatic rings. The standard InChI is InChI=1S/C17H29N3O/c1-3-21-17-6-4-15(5-7-17)19-16-9-12-20(13-10-16)11-8-14(2)18/h4-7,14,16,19H,3,8-13,18H2,1-2H3/t14-/m1/s1. The molecule has 0 radical (unpaired) electrons. The van der Waals surface area contributed by atoms with Crippen LogP contribution in [0.3, 0.4) is 0 Å². The molecule has 3 N–H and O–H groups in total. The maximum atomic E-state index is 5.82. The van der Waals surface area contributed by atoms with Crippen LogP contribution >= 0.6 is 0 Å². The number of likely N-dealkylation sites (tertiary alicyclic amines) is 1. The van der Waals surface area contributed by atoms with Gasteiger partial charge in [-0.15, -0.1) is 0 Å². The van der Waals surface area contributed by atoms with E-state index in [-0.39, 0.29) is 0 Å². The highest BCUT2D eigenvalue weighted by Crippen LogP contribution is 2.20. The van der Waals surface area contributed by atoms with E-state index in [1.54, 1.807) is 0 Å². The summed E-state index contributed by atoms with van der Waals surface area (Å²) < 4.78 is 5.47. The maximum absolute atomic E-state index is 5.82. The first-order valence-electron chi connectivity index (χ1n) is 8.14. The third-order valence-electron chi connectivity index (χ3n) is 4.02. The number of hydrogen-bond donors (Lipinski definition) is 2. The van der Waals surface area contributed by atoms with Gasteiger partial charge in [0, 0.05) is 30.9 Å². The molecule has 1 heterocycles. The summed E-state index contributed by atoms with van der Waals surface area (Å²) in [5, 5.41) is 3.63. The number of hydrogen-bond acceptors (Lipinski definition) is 4. The van der Waals surface area contributed by atoms with E-state index >= 15 is 0 Å². The number of benzene rings is 1.